The summed E-state index contributed by atoms with van der Waals surface area (Å²) in [4.78, 5) is 5.00. The molecule has 0 N–H and O–H groups in total. The average molecular weight is 214 g/mol. The standard InChI is InChI=1S/C12H26N2O/c1-12(2,3)14-7-6-11(10-14)13(4)8-9-15-5/h11H,6-10H2,1-5H3. The molecule has 0 aromatic carbocycles. The Bertz CT molecular complexity index is 189. The van der Waals surface area contributed by atoms with Crippen LogP contribution in [0.1, 0.15) is 27.2 Å². The van der Waals surface area contributed by atoms with Crippen LogP contribution in [0, 0.1) is 0 Å². The lowest BCUT2D eigenvalue weighted by Crippen LogP contribution is -2.43. The van der Waals surface area contributed by atoms with Crippen LogP contribution in [0.3, 0.4) is 0 Å². The van der Waals surface area contributed by atoms with Crippen molar-refractivity contribution in [1.29, 1.82) is 0 Å². The number of ether oxygens (including phenoxy) is 1. The van der Waals surface area contributed by atoms with Crippen molar-refractivity contribution in [3.63, 3.8) is 0 Å². The molecule has 0 aromatic heterocycles. The smallest absolute Gasteiger partial charge is 0.0589 e. The zero-order valence-corrected chi connectivity index (χ0v) is 10.9. The molecule has 0 spiro atoms. The van der Waals surface area contributed by atoms with Gasteiger partial charge in [0, 0.05) is 38.3 Å². The van der Waals surface area contributed by atoms with E-state index in [2.05, 4.69) is 37.6 Å². The average Bonchev–Trinajstić information content (AvgIpc) is 2.62. The van der Waals surface area contributed by atoms with E-state index in [0.717, 1.165) is 13.2 Å². The van der Waals surface area contributed by atoms with Crippen LogP contribution < -0.4 is 0 Å². The summed E-state index contributed by atoms with van der Waals surface area (Å²) in [6.07, 6.45) is 1.29. The normalized spacial score (nSPS) is 24.0. The van der Waals surface area contributed by atoms with Crippen molar-refractivity contribution in [3.05, 3.63) is 0 Å². The Balaban J connectivity index is 2.35. The Morgan fingerprint density at radius 3 is 2.53 bits per heavy atom. The third-order valence-electron chi connectivity index (χ3n) is 3.38. The molecule has 1 fully saturated rings. The summed E-state index contributed by atoms with van der Waals surface area (Å²) in [5.41, 5.74) is 0.316. The number of likely N-dealkylation sites (tertiary alicyclic amines) is 1. The molecular formula is C12H26N2O. The van der Waals surface area contributed by atoms with E-state index in [-0.39, 0.29) is 0 Å². The van der Waals surface area contributed by atoms with Crippen molar-refractivity contribution in [2.45, 2.75) is 38.8 Å². The maximum absolute atomic E-state index is 5.11. The molecule has 0 amide bonds. The number of hydrogen-bond donors (Lipinski definition) is 0. The van der Waals surface area contributed by atoms with Crippen LogP contribution in [-0.2, 0) is 4.74 Å². The first-order valence-corrected chi connectivity index (χ1v) is 5.89. The van der Waals surface area contributed by atoms with Crippen molar-refractivity contribution in [1.82, 2.24) is 9.80 Å². The number of likely N-dealkylation sites (N-methyl/N-ethyl adjacent to an activating group) is 1. The second kappa shape index (κ2) is 5.28. The van der Waals surface area contributed by atoms with Gasteiger partial charge < -0.3 is 4.74 Å². The minimum atomic E-state index is 0.316. The molecule has 15 heavy (non-hydrogen) atoms. The molecule has 0 radical (unpaired) electrons. The lowest BCUT2D eigenvalue weighted by molar-refractivity contribution is 0.125. The second-order valence-corrected chi connectivity index (χ2v) is 5.53. The summed E-state index contributed by atoms with van der Waals surface area (Å²) in [7, 11) is 3.97. The van der Waals surface area contributed by atoms with E-state index in [0.29, 0.717) is 11.6 Å². The molecule has 3 nitrogen and oxygen atoms in total. The third kappa shape index (κ3) is 3.74. The maximum atomic E-state index is 5.11. The summed E-state index contributed by atoms with van der Waals surface area (Å²) in [5.74, 6) is 0. The molecule has 1 heterocycles. The fourth-order valence-corrected chi connectivity index (χ4v) is 2.13. The number of rotatable bonds is 4. The van der Waals surface area contributed by atoms with Crippen LogP contribution in [0.2, 0.25) is 0 Å². The second-order valence-electron chi connectivity index (χ2n) is 5.53. The molecule has 3 heteroatoms. The van der Waals surface area contributed by atoms with E-state index in [1.165, 1.54) is 19.5 Å². The van der Waals surface area contributed by atoms with Gasteiger partial charge in [0.2, 0.25) is 0 Å². The zero-order chi connectivity index (χ0) is 11.5. The first kappa shape index (κ1) is 12.9. The highest BCUT2D eigenvalue weighted by molar-refractivity contribution is 4.88. The number of hydrogen-bond acceptors (Lipinski definition) is 3. The molecule has 1 unspecified atom stereocenters. The van der Waals surface area contributed by atoms with Gasteiger partial charge in [0.05, 0.1) is 6.61 Å². The Morgan fingerprint density at radius 2 is 2.07 bits per heavy atom. The Kier molecular flexibility index (Phi) is 4.56. The molecule has 0 saturated carbocycles. The molecule has 0 bridgehead atoms. The highest BCUT2D eigenvalue weighted by Crippen LogP contribution is 2.22. The first-order valence-electron chi connectivity index (χ1n) is 5.89. The summed E-state index contributed by atoms with van der Waals surface area (Å²) < 4.78 is 5.11. The molecule has 1 atom stereocenters. The topological polar surface area (TPSA) is 15.7 Å². The van der Waals surface area contributed by atoms with Crippen LogP contribution >= 0.6 is 0 Å². The van der Waals surface area contributed by atoms with Gasteiger partial charge in [-0.25, -0.2) is 0 Å². The van der Waals surface area contributed by atoms with Crippen molar-refractivity contribution < 1.29 is 4.74 Å². The molecule has 1 aliphatic rings. The van der Waals surface area contributed by atoms with Gasteiger partial charge in [0.1, 0.15) is 0 Å². The van der Waals surface area contributed by atoms with Gasteiger partial charge in [0.25, 0.3) is 0 Å². The molecule has 1 rings (SSSR count). The van der Waals surface area contributed by atoms with Crippen LogP contribution in [0.4, 0.5) is 0 Å². The quantitative estimate of drug-likeness (QED) is 0.704. The fraction of sp³-hybridized carbons (Fsp3) is 1.00. The minimum Gasteiger partial charge on any atom is -0.383 e. The van der Waals surface area contributed by atoms with E-state index in [1.807, 2.05) is 0 Å². The Morgan fingerprint density at radius 1 is 1.40 bits per heavy atom. The molecule has 90 valence electrons. The van der Waals surface area contributed by atoms with Crippen LogP contribution in [-0.4, -0.2) is 61.8 Å². The van der Waals surface area contributed by atoms with Gasteiger partial charge in [-0.2, -0.15) is 0 Å². The maximum Gasteiger partial charge on any atom is 0.0589 e. The van der Waals surface area contributed by atoms with Gasteiger partial charge in [0.15, 0.2) is 0 Å². The van der Waals surface area contributed by atoms with Crippen molar-refractivity contribution in [2.75, 3.05) is 40.4 Å². The van der Waals surface area contributed by atoms with Crippen LogP contribution in [0.5, 0.6) is 0 Å². The van der Waals surface area contributed by atoms with E-state index < -0.39 is 0 Å². The first-order chi connectivity index (χ1) is 6.95. The lowest BCUT2D eigenvalue weighted by atomic mass is 10.1. The zero-order valence-electron chi connectivity index (χ0n) is 10.9. The van der Waals surface area contributed by atoms with E-state index >= 15 is 0 Å². The van der Waals surface area contributed by atoms with E-state index in [4.69, 9.17) is 4.74 Å². The monoisotopic (exact) mass is 214 g/mol. The number of nitrogens with zero attached hydrogens (tertiary/aromatic N) is 2. The highest BCUT2D eigenvalue weighted by atomic mass is 16.5. The van der Waals surface area contributed by atoms with Gasteiger partial charge in [-0.05, 0) is 34.2 Å². The predicted molar refractivity (Wildman–Crippen MR) is 64.2 cm³/mol. The van der Waals surface area contributed by atoms with E-state index in [1.54, 1.807) is 7.11 Å². The molecule has 1 aliphatic heterocycles. The predicted octanol–water partition coefficient (Wildman–Crippen LogP) is 1.44. The lowest BCUT2D eigenvalue weighted by Gasteiger charge is -2.32. The Hall–Kier alpha value is -0.120. The molecule has 1 saturated heterocycles. The van der Waals surface area contributed by atoms with Crippen LogP contribution in [0.25, 0.3) is 0 Å². The van der Waals surface area contributed by atoms with Gasteiger partial charge >= 0.3 is 0 Å². The minimum absolute atomic E-state index is 0.316. The van der Waals surface area contributed by atoms with Crippen molar-refractivity contribution >= 4 is 0 Å². The highest BCUT2D eigenvalue weighted by Gasteiger charge is 2.31. The van der Waals surface area contributed by atoms with Gasteiger partial charge in [-0.1, -0.05) is 0 Å². The number of methoxy groups -OCH3 is 1. The van der Waals surface area contributed by atoms with Crippen molar-refractivity contribution in [2.24, 2.45) is 0 Å². The molecule has 0 aliphatic carbocycles. The van der Waals surface area contributed by atoms with E-state index in [9.17, 15) is 0 Å². The summed E-state index contributed by atoms with van der Waals surface area (Å²) in [6, 6.07) is 0.708. The SMILES string of the molecule is COCCN(C)C1CCN(C(C)(C)C)C1. The Labute approximate surface area is 94.4 Å². The molecular weight excluding hydrogens is 188 g/mol. The van der Waals surface area contributed by atoms with Gasteiger partial charge in [-0.15, -0.1) is 0 Å². The molecule has 0 aromatic rings. The van der Waals surface area contributed by atoms with Gasteiger partial charge in [-0.3, -0.25) is 9.80 Å². The van der Waals surface area contributed by atoms with Crippen LogP contribution in [0.15, 0.2) is 0 Å². The summed E-state index contributed by atoms with van der Waals surface area (Å²) >= 11 is 0. The summed E-state index contributed by atoms with van der Waals surface area (Å²) in [5, 5.41) is 0. The third-order valence-corrected chi connectivity index (χ3v) is 3.38. The van der Waals surface area contributed by atoms with Crippen molar-refractivity contribution in [3.8, 4) is 0 Å². The largest absolute Gasteiger partial charge is 0.383 e. The fourth-order valence-electron chi connectivity index (χ4n) is 2.13. The summed E-state index contributed by atoms with van der Waals surface area (Å²) in [6.45, 7) is 11.2.